The number of hydrogen-bond donors (Lipinski definition) is 0. The molecule has 1 aliphatic rings. The molecule has 1 aliphatic heterocycles. The van der Waals surface area contributed by atoms with Crippen LogP contribution >= 0.6 is 0 Å². The van der Waals surface area contributed by atoms with Gasteiger partial charge in [-0.15, -0.1) is 0 Å². The van der Waals surface area contributed by atoms with E-state index in [1.807, 2.05) is 18.4 Å². The van der Waals surface area contributed by atoms with Gasteiger partial charge in [0.1, 0.15) is 0 Å². The lowest BCUT2D eigenvalue weighted by atomic mass is 9.86. The number of rotatable bonds is 1. The molecule has 2 nitrogen and oxygen atoms in total. The molecule has 0 unspecified atom stereocenters. The van der Waals surface area contributed by atoms with Gasteiger partial charge >= 0.3 is 0 Å². The summed E-state index contributed by atoms with van der Waals surface area (Å²) in [5, 5.41) is 5.76. The highest BCUT2D eigenvalue weighted by atomic mass is 15.4. The Bertz CT molecular complexity index is 314. The number of hydrazone groups is 1. The van der Waals surface area contributed by atoms with Crippen LogP contribution in [0.4, 0.5) is 0 Å². The predicted molar refractivity (Wildman–Crippen MR) is 61.8 cm³/mol. The van der Waals surface area contributed by atoms with Crippen LogP contribution in [0.2, 0.25) is 0 Å². The van der Waals surface area contributed by atoms with Crippen LogP contribution in [0.25, 0.3) is 0 Å². The molecule has 0 bridgehead atoms. The molecule has 1 heterocycles. The quantitative estimate of drug-likeness (QED) is 0.579. The zero-order chi connectivity index (χ0) is 10.8. The first-order chi connectivity index (χ1) is 6.46. The molecular weight excluding hydrogens is 172 g/mol. The van der Waals surface area contributed by atoms with Crippen molar-refractivity contribution in [1.82, 2.24) is 5.01 Å². The maximum Gasteiger partial charge on any atom is 0.0639 e. The van der Waals surface area contributed by atoms with E-state index in [-0.39, 0.29) is 5.41 Å². The molecule has 0 spiro atoms. The van der Waals surface area contributed by atoms with Crippen LogP contribution in [0.1, 0.15) is 27.7 Å². The van der Waals surface area contributed by atoms with Gasteiger partial charge in [0.2, 0.25) is 0 Å². The van der Waals surface area contributed by atoms with Crippen LogP contribution in [-0.2, 0) is 0 Å². The fourth-order valence-corrected chi connectivity index (χ4v) is 1.24. The standard InChI is InChI=1S/C12H18N2/c1-10(12(2,3)4)11-8-6-7-9-14(11)13-5/h6-9H,5H2,1-4H3/b11-10+. The minimum Gasteiger partial charge on any atom is -0.242 e. The molecule has 2 heteroatoms. The van der Waals surface area contributed by atoms with Gasteiger partial charge in [0.25, 0.3) is 0 Å². The van der Waals surface area contributed by atoms with E-state index in [1.165, 1.54) is 5.57 Å². The SMILES string of the molecule is C=NN1C=CC=C/C1=C(/C)C(C)(C)C. The fraction of sp³-hybridized carbons (Fsp3) is 0.417. The molecule has 0 aromatic heterocycles. The van der Waals surface area contributed by atoms with Crippen molar-refractivity contribution in [2.24, 2.45) is 10.5 Å². The zero-order valence-corrected chi connectivity index (χ0v) is 9.41. The van der Waals surface area contributed by atoms with Gasteiger partial charge < -0.3 is 0 Å². The first kappa shape index (κ1) is 10.8. The van der Waals surface area contributed by atoms with Gasteiger partial charge in [-0.1, -0.05) is 26.8 Å². The third kappa shape index (κ3) is 2.13. The van der Waals surface area contributed by atoms with Crippen LogP contribution in [0.5, 0.6) is 0 Å². The van der Waals surface area contributed by atoms with E-state index in [2.05, 4.69) is 45.6 Å². The van der Waals surface area contributed by atoms with Crippen LogP contribution in [-0.4, -0.2) is 11.7 Å². The van der Waals surface area contributed by atoms with Gasteiger partial charge in [-0.25, -0.2) is 5.01 Å². The Morgan fingerprint density at radius 3 is 2.50 bits per heavy atom. The maximum atomic E-state index is 3.95. The average molecular weight is 190 g/mol. The summed E-state index contributed by atoms with van der Waals surface area (Å²) in [5.41, 5.74) is 2.59. The molecule has 0 saturated heterocycles. The molecule has 0 radical (unpaired) electrons. The Balaban J connectivity index is 3.12. The molecular formula is C12H18N2. The Morgan fingerprint density at radius 1 is 1.36 bits per heavy atom. The summed E-state index contributed by atoms with van der Waals surface area (Å²) < 4.78 is 0. The van der Waals surface area contributed by atoms with E-state index in [0.717, 1.165) is 5.70 Å². The van der Waals surface area contributed by atoms with Crippen molar-refractivity contribution in [2.45, 2.75) is 27.7 Å². The lowest BCUT2D eigenvalue weighted by Crippen LogP contribution is -2.17. The smallest absolute Gasteiger partial charge is 0.0639 e. The summed E-state index contributed by atoms with van der Waals surface area (Å²) in [6.07, 6.45) is 7.95. The molecule has 0 aliphatic carbocycles. The van der Waals surface area contributed by atoms with E-state index < -0.39 is 0 Å². The zero-order valence-electron chi connectivity index (χ0n) is 9.41. The van der Waals surface area contributed by atoms with Crippen LogP contribution in [0, 0.1) is 5.41 Å². The van der Waals surface area contributed by atoms with Crippen molar-refractivity contribution in [3.8, 4) is 0 Å². The third-order valence-electron chi connectivity index (χ3n) is 2.50. The number of hydrogen-bond acceptors (Lipinski definition) is 2. The highest BCUT2D eigenvalue weighted by Gasteiger charge is 2.19. The average Bonchev–Trinajstić information content (AvgIpc) is 2.15. The highest BCUT2D eigenvalue weighted by molar-refractivity contribution is 5.35. The van der Waals surface area contributed by atoms with Gasteiger partial charge in [0.05, 0.1) is 5.70 Å². The van der Waals surface area contributed by atoms with Crippen LogP contribution in [0.15, 0.2) is 40.8 Å². The monoisotopic (exact) mass is 190 g/mol. The molecule has 0 aromatic rings. The number of nitrogens with zero attached hydrogens (tertiary/aromatic N) is 2. The summed E-state index contributed by atoms with van der Waals surface area (Å²) >= 11 is 0. The Hall–Kier alpha value is -1.31. The van der Waals surface area contributed by atoms with E-state index in [4.69, 9.17) is 0 Å². The molecule has 0 saturated carbocycles. The van der Waals surface area contributed by atoms with Crippen LogP contribution < -0.4 is 0 Å². The van der Waals surface area contributed by atoms with E-state index in [9.17, 15) is 0 Å². The summed E-state index contributed by atoms with van der Waals surface area (Å²) in [4.78, 5) is 0. The molecule has 0 fully saturated rings. The van der Waals surface area contributed by atoms with Gasteiger partial charge in [-0.2, -0.15) is 5.10 Å². The second kappa shape index (κ2) is 3.82. The predicted octanol–water partition coefficient (Wildman–Crippen LogP) is 3.31. The summed E-state index contributed by atoms with van der Waals surface area (Å²) in [6, 6.07) is 0. The van der Waals surface area contributed by atoms with Crippen molar-refractivity contribution in [3.05, 3.63) is 35.7 Å². The second-order valence-corrected chi connectivity index (χ2v) is 4.45. The van der Waals surface area contributed by atoms with E-state index >= 15 is 0 Å². The first-order valence-electron chi connectivity index (χ1n) is 4.79. The van der Waals surface area contributed by atoms with Gasteiger partial charge in [0.15, 0.2) is 0 Å². The summed E-state index contributed by atoms with van der Waals surface area (Å²) in [5.74, 6) is 0. The van der Waals surface area contributed by atoms with Crippen molar-refractivity contribution in [2.75, 3.05) is 0 Å². The van der Waals surface area contributed by atoms with E-state index in [1.54, 1.807) is 5.01 Å². The summed E-state index contributed by atoms with van der Waals surface area (Å²) in [6.45, 7) is 12.3. The minimum absolute atomic E-state index is 0.161. The van der Waals surface area contributed by atoms with Crippen molar-refractivity contribution < 1.29 is 0 Å². The molecule has 76 valence electrons. The molecule has 1 rings (SSSR count). The van der Waals surface area contributed by atoms with Gasteiger partial charge in [0, 0.05) is 12.9 Å². The van der Waals surface area contributed by atoms with E-state index in [0.29, 0.717) is 0 Å². The summed E-state index contributed by atoms with van der Waals surface area (Å²) in [7, 11) is 0. The van der Waals surface area contributed by atoms with Gasteiger partial charge in [-0.05, 0) is 30.1 Å². The van der Waals surface area contributed by atoms with Crippen molar-refractivity contribution in [1.29, 1.82) is 0 Å². The largest absolute Gasteiger partial charge is 0.242 e. The van der Waals surface area contributed by atoms with Crippen molar-refractivity contribution in [3.63, 3.8) is 0 Å². The Labute approximate surface area is 86.3 Å². The second-order valence-electron chi connectivity index (χ2n) is 4.45. The normalized spacial score (nSPS) is 19.9. The molecule has 0 amide bonds. The lowest BCUT2D eigenvalue weighted by molar-refractivity contribution is 0.448. The maximum absolute atomic E-state index is 3.95. The van der Waals surface area contributed by atoms with Gasteiger partial charge in [-0.3, -0.25) is 0 Å². The fourth-order valence-electron chi connectivity index (χ4n) is 1.24. The lowest BCUT2D eigenvalue weighted by Gasteiger charge is -2.27. The molecule has 0 N–H and O–H groups in total. The topological polar surface area (TPSA) is 15.6 Å². The molecule has 0 aromatic carbocycles. The van der Waals surface area contributed by atoms with Crippen molar-refractivity contribution >= 4 is 6.72 Å². The van der Waals surface area contributed by atoms with Crippen LogP contribution in [0.3, 0.4) is 0 Å². The number of allylic oxidation sites excluding steroid dienone is 4. The minimum atomic E-state index is 0.161. The Morgan fingerprint density at radius 2 is 2.00 bits per heavy atom. The molecule has 0 atom stereocenters. The highest BCUT2D eigenvalue weighted by Crippen LogP contribution is 2.30. The first-order valence-corrected chi connectivity index (χ1v) is 4.79. The third-order valence-corrected chi connectivity index (χ3v) is 2.50. The Kier molecular flexibility index (Phi) is 2.94. The molecule has 14 heavy (non-hydrogen) atoms.